The lowest BCUT2D eigenvalue weighted by atomic mass is 9.89. The van der Waals surface area contributed by atoms with Gasteiger partial charge in [0.15, 0.2) is 0 Å². The maximum absolute atomic E-state index is 13.4. The molecule has 0 spiro atoms. The Morgan fingerprint density at radius 3 is 2.56 bits per heavy atom. The molecule has 2 aromatic carbocycles. The number of fused-ring (bicyclic) bond motifs is 1. The first-order valence-corrected chi connectivity index (χ1v) is 11.0. The van der Waals surface area contributed by atoms with Gasteiger partial charge in [0.1, 0.15) is 28.6 Å². The quantitative estimate of drug-likeness (QED) is 0.517. The summed E-state index contributed by atoms with van der Waals surface area (Å²) in [7, 11) is 1.59. The minimum atomic E-state index is -0.491. The summed E-state index contributed by atoms with van der Waals surface area (Å²) < 4.78 is 16.8. The summed E-state index contributed by atoms with van der Waals surface area (Å²) in [4.78, 5) is 26.3. The third-order valence-corrected chi connectivity index (χ3v) is 5.62. The molecule has 7 heteroatoms. The summed E-state index contributed by atoms with van der Waals surface area (Å²) in [6.45, 7) is 5.88. The highest BCUT2D eigenvalue weighted by atomic mass is 16.5. The second-order valence-electron chi connectivity index (χ2n) is 8.89. The van der Waals surface area contributed by atoms with Crippen molar-refractivity contribution in [3.8, 4) is 11.5 Å². The second-order valence-corrected chi connectivity index (χ2v) is 8.89. The van der Waals surface area contributed by atoms with Gasteiger partial charge in [-0.1, -0.05) is 17.7 Å². The molecule has 4 rings (SSSR count). The van der Waals surface area contributed by atoms with Crippen molar-refractivity contribution in [1.82, 2.24) is 10.6 Å². The zero-order valence-electron chi connectivity index (χ0n) is 19.7. The maximum Gasteiger partial charge on any atom is 0.268 e. The van der Waals surface area contributed by atoms with Crippen LogP contribution in [0.2, 0.25) is 0 Å². The topological polar surface area (TPSA) is 89.8 Å². The number of aryl methyl sites for hydroxylation is 1. The molecule has 2 heterocycles. The Kier molecular flexibility index (Phi) is 6.45. The molecule has 0 unspecified atom stereocenters. The van der Waals surface area contributed by atoms with E-state index < -0.39 is 11.5 Å². The monoisotopic (exact) mass is 460 g/mol. The van der Waals surface area contributed by atoms with Crippen LogP contribution < -0.4 is 20.1 Å². The Morgan fingerprint density at radius 2 is 1.88 bits per heavy atom. The van der Waals surface area contributed by atoms with Gasteiger partial charge in [-0.3, -0.25) is 9.59 Å². The largest absolute Gasteiger partial charge is 0.497 e. The van der Waals surface area contributed by atoms with Gasteiger partial charge in [0.2, 0.25) is 0 Å². The van der Waals surface area contributed by atoms with E-state index in [1.54, 1.807) is 31.4 Å². The van der Waals surface area contributed by atoms with E-state index >= 15 is 0 Å². The van der Waals surface area contributed by atoms with E-state index in [9.17, 15) is 9.59 Å². The molecule has 0 saturated carbocycles. The number of carbonyl (C=O) groups is 2. The molecule has 2 N–H and O–H groups in total. The molecule has 3 aromatic rings. The minimum absolute atomic E-state index is 0.0780. The van der Waals surface area contributed by atoms with Crippen LogP contribution in [0.5, 0.6) is 11.5 Å². The van der Waals surface area contributed by atoms with Gasteiger partial charge in [0.25, 0.3) is 11.8 Å². The number of furan rings is 1. The first-order valence-electron chi connectivity index (χ1n) is 11.0. The Hall–Kier alpha value is -4.00. The van der Waals surface area contributed by atoms with Crippen molar-refractivity contribution in [3.05, 3.63) is 89.0 Å². The lowest BCUT2D eigenvalue weighted by Gasteiger charge is -2.38. The summed E-state index contributed by atoms with van der Waals surface area (Å²) in [6.07, 6.45) is 3.56. The molecule has 0 radical (unpaired) electrons. The van der Waals surface area contributed by atoms with Crippen LogP contribution in [0, 0.1) is 6.92 Å². The highest BCUT2D eigenvalue weighted by Crippen LogP contribution is 2.41. The molecule has 0 saturated heterocycles. The molecule has 1 aliphatic heterocycles. The molecule has 34 heavy (non-hydrogen) atoms. The Balaban J connectivity index is 1.62. The number of amides is 2. The Labute approximate surface area is 198 Å². The normalized spacial score (nSPS) is 16.7. The van der Waals surface area contributed by atoms with Crippen LogP contribution in [0.1, 0.15) is 53.6 Å². The van der Waals surface area contributed by atoms with Crippen molar-refractivity contribution in [2.45, 2.75) is 38.8 Å². The summed E-state index contributed by atoms with van der Waals surface area (Å²) in [5, 5.41) is 5.80. The summed E-state index contributed by atoms with van der Waals surface area (Å²) >= 11 is 0. The molecular formula is C27H28N2O5. The number of hydrogen-bond acceptors (Lipinski definition) is 5. The van der Waals surface area contributed by atoms with E-state index in [1.165, 1.54) is 12.3 Å². The average molecular weight is 461 g/mol. The van der Waals surface area contributed by atoms with Gasteiger partial charge in [-0.15, -0.1) is 0 Å². The smallest absolute Gasteiger partial charge is 0.268 e. The maximum atomic E-state index is 13.4. The van der Waals surface area contributed by atoms with E-state index in [4.69, 9.17) is 13.9 Å². The van der Waals surface area contributed by atoms with Gasteiger partial charge in [-0.05, 0) is 63.2 Å². The zero-order valence-corrected chi connectivity index (χ0v) is 19.7. The van der Waals surface area contributed by atoms with Gasteiger partial charge in [-0.2, -0.15) is 0 Å². The van der Waals surface area contributed by atoms with Gasteiger partial charge < -0.3 is 24.5 Å². The number of nitrogens with one attached hydrogen (secondary N) is 2. The lowest BCUT2D eigenvalue weighted by Crippen LogP contribution is -2.43. The molecule has 0 fully saturated rings. The third-order valence-electron chi connectivity index (χ3n) is 5.62. The standard InChI is InChI=1S/C27H28N2O5/c1-17-7-9-18(10-8-17)25(30)28-22(15-20-6-5-13-33-20)26(31)29-23-16-27(2,3)34-24-12-11-19(32-4)14-21(23)24/h5-15,23H,16H2,1-4H3,(H,28,30)(H,29,31)/b22-15-/t23-/m1/s1. The molecular weight excluding hydrogens is 432 g/mol. The van der Waals surface area contributed by atoms with Crippen LogP contribution in [0.15, 0.2) is 71.0 Å². The molecule has 176 valence electrons. The van der Waals surface area contributed by atoms with E-state index in [2.05, 4.69) is 10.6 Å². The molecule has 1 aromatic heterocycles. The fourth-order valence-electron chi connectivity index (χ4n) is 3.90. The van der Waals surface area contributed by atoms with Crippen LogP contribution in [0.4, 0.5) is 0 Å². The number of carbonyl (C=O) groups excluding carboxylic acids is 2. The molecule has 7 nitrogen and oxygen atoms in total. The number of ether oxygens (including phenoxy) is 2. The SMILES string of the molecule is COc1ccc2c(c1)[C@H](NC(=O)/C(=C/c1ccco1)NC(=O)c1ccc(C)cc1)CC(C)(C)O2. The zero-order chi connectivity index (χ0) is 24.3. The number of rotatable bonds is 6. The van der Waals surface area contributed by atoms with E-state index in [0.717, 1.165) is 11.1 Å². The number of benzene rings is 2. The Morgan fingerprint density at radius 1 is 1.12 bits per heavy atom. The molecule has 0 aliphatic carbocycles. The molecule has 2 amide bonds. The fraction of sp³-hybridized carbons (Fsp3) is 0.259. The Bertz CT molecular complexity index is 1210. The first-order chi connectivity index (χ1) is 16.2. The van der Waals surface area contributed by atoms with Crippen LogP contribution in [0.25, 0.3) is 6.08 Å². The summed E-state index contributed by atoms with van der Waals surface area (Å²) in [6, 6.07) is 15.7. The second kappa shape index (κ2) is 9.47. The van der Waals surface area contributed by atoms with Crippen molar-refractivity contribution in [2.75, 3.05) is 7.11 Å². The van der Waals surface area contributed by atoms with Crippen molar-refractivity contribution in [1.29, 1.82) is 0 Å². The highest BCUT2D eigenvalue weighted by Gasteiger charge is 2.35. The van der Waals surface area contributed by atoms with Crippen LogP contribution in [0.3, 0.4) is 0 Å². The first kappa shape index (κ1) is 23.2. The van der Waals surface area contributed by atoms with Gasteiger partial charge in [-0.25, -0.2) is 0 Å². The lowest BCUT2D eigenvalue weighted by molar-refractivity contribution is -0.119. The average Bonchev–Trinajstić information content (AvgIpc) is 3.31. The van der Waals surface area contributed by atoms with E-state index in [0.29, 0.717) is 29.2 Å². The van der Waals surface area contributed by atoms with Gasteiger partial charge in [0, 0.05) is 23.6 Å². The number of hydrogen-bond donors (Lipinski definition) is 2. The molecule has 1 aliphatic rings. The van der Waals surface area contributed by atoms with Crippen LogP contribution >= 0.6 is 0 Å². The number of methoxy groups -OCH3 is 1. The van der Waals surface area contributed by atoms with Crippen LogP contribution in [-0.4, -0.2) is 24.5 Å². The predicted molar refractivity (Wildman–Crippen MR) is 129 cm³/mol. The summed E-state index contributed by atoms with van der Waals surface area (Å²) in [5.41, 5.74) is 1.89. The fourth-order valence-corrected chi connectivity index (χ4v) is 3.90. The van der Waals surface area contributed by atoms with Crippen molar-refractivity contribution in [2.24, 2.45) is 0 Å². The minimum Gasteiger partial charge on any atom is -0.497 e. The molecule has 0 bridgehead atoms. The highest BCUT2D eigenvalue weighted by molar-refractivity contribution is 6.05. The summed E-state index contributed by atoms with van der Waals surface area (Å²) in [5.74, 6) is 0.974. The van der Waals surface area contributed by atoms with Gasteiger partial charge >= 0.3 is 0 Å². The molecule has 1 atom stereocenters. The predicted octanol–water partition coefficient (Wildman–Crippen LogP) is 4.79. The van der Waals surface area contributed by atoms with E-state index in [1.807, 2.05) is 51.1 Å². The van der Waals surface area contributed by atoms with Crippen molar-refractivity contribution < 1.29 is 23.5 Å². The van der Waals surface area contributed by atoms with Gasteiger partial charge in [0.05, 0.1) is 19.4 Å². The van der Waals surface area contributed by atoms with Crippen molar-refractivity contribution >= 4 is 17.9 Å². The van der Waals surface area contributed by atoms with E-state index in [-0.39, 0.29) is 17.6 Å². The third kappa shape index (κ3) is 5.31. The van der Waals surface area contributed by atoms with Crippen LogP contribution in [-0.2, 0) is 4.79 Å². The van der Waals surface area contributed by atoms with Crippen molar-refractivity contribution in [3.63, 3.8) is 0 Å².